The molecule has 1 aromatic carbocycles. The van der Waals surface area contributed by atoms with Crippen molar-refractivity contribution < 1.29 is 9.53 Å². The first-order chi connectivity index (χ1) is 8.15. The molecule has 4 heteroatoms. The normalized spacial score (nSPS) is 16.6. The lowest BCUT2D eigenvalue weighted by molar-refractivity contribution is -0.126. The van der Waals surface area contributed by atoms with Crippen molar-refractivity contribution in [2.75, 3.05) is 11.9 Å². The van der Waals surface area contributed by atoms with Crippen LogP contribution in [0.4, 0.5) is 5.69 Å². The number of nitrogens with one attached hydrogen (secondary N) is 1. The summed E-state index contributed by atoms with van der Waals surface area (Å²) in [5.74, 6) is 0.532. The second kappa shape index (κ2) is 5.52. The molecule has 1 unspecified atom stereocenters. The first-order valence-corrected chi connectivity index (χ1v) is 6.21. The third-order valence-electron chi connectivity index (χ3n) is 2.74. The van der Waals surface area contributed by atoms with E-state index in [2.05, 4.69) is 5.32 Å². The maximum absolute atomic E-state index is 11.8. The third-order valence-corrected chi connectivity index (χ3v) is 2.98. The zero-order valence-corrected chi connectivity index (χ0v) is 10.5. The molecule has 1 atom stereocenters. The molecule has 1 aliphatic carbocycles. The highest BCUT2D eigenvalue weighted by Gasteiger charge is 2.24. The summed E-state index contributed by atoms with van der Waals surface area (Å²) in [6.07, 6.45) is 2.03. The summed E-state index contributed by atoms with van der Waals surface area (Å²) in [6, 6.07) is 7.09. The van der Waals surface area contributed by atoms with E-state index in [0.29, 0.717) is 23.2 Å². The fraction of sp³-hybridized carbons (Fsp3) is 0.462. The summed E-state index contributed by atoms with van der Waals surface area (Å²) in [7, 11) is 0. The molecule has 0 saturated heterocycles. The van der Waals surface area contributed by atoms with E-state index in [0.717, 1.165) is 0 Å². The molecule has 0 spiro atoms. The van der Waals surface area contributed by atoms with Gasteiger partial charge in [-0.15, -0.1) is 0 Å². The second-order valence-electron chi connectivity index (χ2n) is 4.42. The highest BCUT2D eigenvalue weighted by Crippen LogP contribution is 2.29. The predicted molar refractivity (Wildman–Crippen MR) is 68.2 cm³/mol. The molecule has 1 aromatic rings. The molecule has 17 heavy (non-hydrogen) atoms. The Morgan fingerprint density at radius 3 is 3.00 bits per heavy atom. The van der Waals surface area contributed by atoms with Crippen LogP contribution in [0.3, 0.4) is 0 Å². The fourth-order valence-electron chi connectivity index (χ4n) is 1.45. The SMILES string of the molecule is CC(OCC1CC1)C(=O)Nc1cccc(Cl)c1. The Kier molecular flexibility index (Phi) is 4.02. The number of ether oxygens (including phenoxy) is 1. The molecule has 92 valence electrons. The smallest absolute Gasteiger partial charge is 0.253 e. The number of anilines is 1. The number of rotatable bonds is 5. The van der Waals surface area contributed by atoms with E-state index in [1.165, 1.54) is 12.8 Å². The Balaban J connectivity index is 1.82. The molecule has 2 rings (SSSR count). The van der Waals surface area contributed by atoms with Crippen LogP contribution in [0.25, 0.3) is 0 Å². The molecule has 0 aromatic heterocycles. The van der Waals surface area contributed by atoms with Crippen molar-refractivity contribution in [3.8, 4) is 0 Å². The Hall–Kier alpha value is -1.06. The van der Waals surface area contributed by atoms with E-state index < -0.39 is 6.10 Å². The van der Waals surface area contributed by atoms with E-state index in [1.54, 1.807) is 31.2 Å². The minimum Gasteiger partial charge on any atom is -0.368 e. The lowest BCUT2D eigenvalue weighted by Crippen LogP contribution is -2.28. The lowest BCUT2D eigenvalue weighted by Gasteiger charge is -2.13. The van der Waals surface area contributed by atoms with Gasteiger partial charge in [-0.2, -0.15) is 0 Å². The third kappa shape index (κ3) is 4.02. The van der Waals surface area contributed by atoms with Gasteiger partial charge in [-0.1, -0.05) is 17.7 Å². The molecular weight excluding hydrogens is 238 g/mol. The average Bonchev–Trinajstić information content (AvgIpc) is 3.09. The first-order valence-electron chi connectivity index (χ1n) is 5.83. The number of benzene rings is 1. The van der Waals surface area contributed by atoms with Crippen LogP contribution in [0.1, 0.15) is 19.8 Å². The first kappa shape index (κ1) is 12.4. The van der Waals surface area contributed by atoms with Gasteiger partial charge in [-0.3, -0.25) is 4.79 Å². The molecule has 0 radical (unpaired) electrons. The minimum atomic E-state index is -0.422. The molecule has 0 bridgehead atoms. The van der Waals surface area contributed by atoms with Crippen molar-refractivity contribution in [3.63, 3.8) is 0 Å². The number of carbonyl (C=O) groups excluding carboxylic acids is 1. The Labute approximate surface area is 106 Å². The summed E-state index contributed by atoms with van der Waals surface area (Å²) >= 11 is 5.84. The molecule has 3 nitrogen and oxygen atoms in total. The van der Waals surface area contributed by atoms with Gasteiger partial charge < -0.3 is 10.1 Å². The van der Waals surface area contributed by atoms with Gasteiger partial charge in [0.15, 0.2) is 0 Å². The van der Waals surface area contributed by atoms with Gasteiger partial charge in [0.1, 0.15) is 6.10 Å². The van der Waals surface area contributed by atoms with Gasteiger partial charge in [0.25, 0.3) is 5.91 Å². The van der Waals surface area contributed by atoms with Gasteiger partial charge in [-0.25, -0.2) is 0 Å². The highest BCUT2D eigenvalue weighted by atomic mass is 35.5. The number of amides is 1. The summed E-state index contributed by atoms with van der Waals surface area (Å²) in [5.41, 5.74) is 0.698. The number of hydrogen-bond acceptors (Lipinski definition) is 2. The molecule has 0 heterocycles. The maximum atomic E-state index is 11.8. The van der Waals surface area contributed by atoms with Crippen LogP contribution < -0.4 is 5.32 Å². The molecule has 1 N–H and O–H groups in total. The van der Waals surface area contributed by atoms with E-state index in [9.17, 15) is 4.79 Å². The van der Waals surface area contributed by atoms with Crippen LogP contribution in [0.15, 0.2) is 24.3 Å². The van der Waals surface area contributed by atoms with E-state index in [-0.39, 0.29) is 5.91 Å². The van der Waals surface area contributed by atoms with Gasteiger partial charge in [-0.05, 0) is 43.9 Å². The largest absolute Gasteiger partial charge is 0.368 e. The summed E-state index contributed by atoms with van der Waals surface area (Å²) in [4.78, 5) is 11.8. The van der Waals surface area contributed by atoms with Crippen molar-refractivity contribution in [2.24, 2.45) is 5.92 Å². The molecule has 0 aliphatic heterocycles. The summed E-state index contributed by atoms with van der Waals surface area (Å²) in [5, 5.41) is 3.38. The Bertz CT molecular complexity index is 404. The van der Waals surface area contributed by atoms with Crippen LogP contribution in [0, 0.1) is 5.92 Å². The van der Waals surface area contributed by atoms with Crippen LogP contribution in [-0.4, -0.2) is 18.6 Å². The number of carbonyl (C=O) groups is 1. The maximum Gasteiger partial charge on any atom is 0.253 e. The van der Waals surface area contributed by atoms with E-state index in [4.69, 9.17) is 16.3 Å². The number of halogens is 1. The Morgan fingerprint density at radius 2 is 2.35 bits per heavy atom. The standard InChI is InChI=1S/C13H16ClNO2/c1-9(17-8-10-5-6-10)13(16)15-12-4-2-3-11(14)7-12/h2-4,7,9-10H,5-6,8H2,1H3,(H,15,16). The van der Waals surface area contributed by atoms with Crippen LogP contribution >= 0.6 is 11.6 Å². The predicted octanol–water partition coefficient (Wildman–Crippen LogP) is 3.09. The van der Waals surface area contributed by atoms with Crippen LogP contribution in [0.2, 0.25) is 5.02 Å². The monoisotopic (exact) mass is 253 g/mol. The lowest BCUT2D eigenvalue weighted by atomic mass is 10.3. The van der Waals surface area contributed by atoms with Crippen molar-refractivity contribution in [2.45, 2.75) is 25.9 Å². The molecular formula is C13H16ClNO2. The quantitative estimate of drug-likeness (QED) is 0.876. The van der Waals surface area contributed by atoms with Crippen molar-refractivity contribution in [1.82, 2.24) is 0 Å². The van der Waals surface area contributed by atoms with Crippen LogP contribution in [0.5, 0.6) is 0 Å². The average molecular weight is 254 g/mol. The summed E-state index contributed by atoms with van der Waals surface area (Å²) in [6.45, 7) is 2.45. The van der Waals surface area contributed by atoms with Crippen molar-refractivity contribution in [1.29, 1.82) is 0 Å². The Morgan fingerprint density at radius 1 is 1.59 bits per heavy atom. The zero-order chi connectivity index (χ0) is 12.3. The van der Waals surface area contributed by atoms with Gasteiger partial charge in [0.2, 0.25) is 0 Å². The molecule has 1 fully saturated rings. The second-order valence-corrected chi connectivity index (χ2v) is 4.85. The van der Waals surface area contributed by atoms with Crippen molar-refractivity contribution >= 4 is 23.2 Å². The summed E-state index contributed by atoms with van der Waals surface area (Å²) < 4.78 is 5.49. The fourth-order valence-corrected chi connectivity index (χ4v) is 1.64. The molecule has 1 amide bonds. The zero-order valence-electron chi connectivity index (χ0n) is 9.78. The molecule has 1 saturated carbocycles. The van der Waals surface area contributed by atoms with E-state index in [1.807, 2.05) is 0 Å². The highest BCUT2D eigenvalue weighted by molar-refractivity contribution is 6.30. The van der Waals surface area contributed by atoms with Crippen molar-refractivity contribution in [3.05, 3.63) is 29.3 Å². The minimum absolute atomic E-state index is 0.132. The topological polar surface area (TPSA) is 38.3 Å². The van der Waals surface area contributed by atoms with Gasteiger partial charge in [0, 0.05) is 10.7 Å². The van der Waals surface area contributed by atoms with Gasteiger partial charge >= 0.3 is 0 Å². The van der Waals surface area contributed by atoms with E-state index >= 15 is 0 Å². The van der Waals surface area contributed by atoms with Crippen LogP contribution in [-0.2, 0) is 9.53 Å². The molecule has 1 aliphatic rings. The van der Waals surface area contributed by atoms with Gasteiger partial charge in [0.05, 0.1) is 6.61 Å². The number of hydrogen-bond donors (Lipinski definition) is 1.